The lowest BCUT2D eigenvalue weighted by Crippen LogP contribution is -1.90. The van der Waals surface area contributed by atoms with Gasteiger partial charge in [-0.1, -0.05) is 23.2 Å². The summed E-state index contributed by atoms with van der Waals surface area (Å²) >= 11 is 18.3. The Balaban J connectivity index is 2.36. The van der Waals surface area contributed by atoms with Gasteiger partial charge in [0.05, 0.1) is 19.0 Å². The first-order valence-electron chi connectivity index (χ1n) is 5.22. The van der Waals surface area contributed by atoms with Crippen molar-refractivity contribution in [3.8, 4) is 11.5 Å². The van der Waals surface area contributed by atoms with E-state index in [1.54, 1.807) is 24.3 Å². The largest absolute Gasteiger partial charge is 0.505 e. The average Bonchev–Trinajstić information content (AvgIpc) is 2.33. The first-order valence-corrected chi connectivity index (χ1v) is 7.56. The van der Waals surface area contributed by atoms with E-state index in [1.165, 1.54) is 0 Å². The second-order valence-corrected chi connectivity index (χ2v) is 6.52. The molecule has 0 aliphatic rings. The summed E-state index contributed by atoms with van der Waals surface area (Å²) < 4.78 is 1.08. The molecule has 0 atom stereocenters. The molecule has 19 heavy (non-hydrogen) atoms. The summed E-state index contributed by atoms with van der Waals surface area (Å²) in [7, 11) is 0. The maximum Gasteiger partial charge on any atom is 0.148 e. The van der Waals surface area contributed by atoms with Crippen LogP contribution in [0.5, 0.6) is 11.5 Å². The number of phenolic OH excluding ortho intramolecular Hbond substituents is 2. The molecule has 0 fully saturated rings. The number of hydrogen-bond donors (Lipinski definition) is 2. The Bertz CT molecular complexity index is 543. The molecule has 0 aromatic heterocycles. The van der Waals surface area contributed by atoms with E-state index in [9.17, 15) is 10.2 Å². The summed E-state index contributed by atoms with van der Waals surface area (Å²) in [6.07, 6.45) is 0.581. The Labute approximate surface area is 137 Å². The first-order chi connectivity index (χ1) is 8.88. The molecule has 0 saturated heterocycles. The predicted octanol–water partition coefficient (Wildman–Crippen LogP) is 5.52. The van der Waals surface area contributed by atoms with Gasteiger partial charge in [0.2, 0.25) is 0 Å². The van der Waals surface area contributed by atoms with Crippen molar-refractivity contribution in [3.05, 3.63) is 54.4 Å². The van der Waals surface area contributed by atoms with Crippen LogP contribution in [0.1, 0.15) is 11.1 Å². The topological polar surface area (TPSA) is 40.5 Å². The van der Waals surface area contributed by atoms with Crippen molar-refractivity contribution in [2.75, 3.05) is 0 Å². The van der Waals surface area contributed by atoms with Crippen LogP contribution in [0.25, 0.3) is 0 Å². The van der Waals surface area contributed by atoms with E-state index < -0.39 is 0 Å². The Kier molecular flexibility index (Phi) is 4.66. The van der Waals surface area contributed by atoms with E-state index in [0.29, 0.717) is 15.4 Å². The lowest BCUT2D eigenvalue weighted by Gasteiger charge is -2.08. The van der Waals surface area contributed by atoms with Crippen molar-refractivity contribution in [1.82, 2.24) is 0 Å². The fraction of sp³-hybridized carbons (Fsp3) is 0.0769. The number of halogens is 4. The summed E-state index contributed by atoms with van der Waals surface area (Å²) in [5, 5.41) is 19.7. The molecule has 100 valence electrons. The normalized spacial score (nSPS) is 10.7. The van der Waals surface area contributed by atoms with E-state index >= 15 is 0 Å². The maximum absolute atomic E-state index is 9.58. The van der Waals surface area contributed by atoms with E-state index in [2.05, 4.69) is 31.9 Å². The van der Waals surface area contributed by atoms with Gasteiger partial charge in [0.15, 0.2) is 0 Å². The first kappa shape index (κ1) is 15.0. The molecule has 2 rings (SSSR count). The van der Waals surface area contributed by atoms with Gasteiger partial charge in [-0.3, -0.25) is 0 Å². The SMILES string of the molecule is Oc1c(Cl)cc(Cc2cc(Cl)c(O)c(Br)c2)cc1Br. The Morgan fingerprint density at radius 1 is 0.789 bits per heavy atom. The molecular formula is C13H8Br2Cl2O2. The lowest BCUT2D eigenvalue weighted by molar-refractivity contribution is 0.472. The van der Waals surface area contributed by atoms with Crippen LogP contribution >= 0.6 is 55.1 Å². The predicted molar refractivity (Wildman–Crippen MR) is 84.4 cm³/mol. The van der Waals surface area contributed by atoms with Crippen LogP contribution in [0.3, 0.4) is 0 Å². The molecule has 0 saturated carbocycles. The molecule has 2 N–H and O–H groups in total. The molecule has 0 amide bonds. The highest BCUT2D eigenvalue weighted by atomic mass is 79.9. The van der Waals surface area contributed by atoms with Crippen LogP contribution in [-0.2, 0) is 6.42 Å². The van der Waals surface area contributed by atoms with E-state index in [1.807, 2.05) is 0 Å². The highest BCUT2D eigenvalue weighted by Gasteiger charge is 2.10. The number of benzene rings is 2. The molecule has 6 heteroatoms. The molecule has 0 heterocycles. The molecule has 0 aliphatic carbocycles. The second kappa shape index (κ2) is 5.92. The second-order valence-electron chi connectivity index (χ2n) is 3.99. The minimum absolute atomic E-state index is 0.0235. The maximum atomic E-state index is 9.58. The van der Waals surface area contributed by atoms with Crippen molar-refractivity contribution < 1.29 is 10.2 Å². The number of phenols is 2. The molecule has 0 bridgehead atoms. The molecule has 0 aliphatic heterocycles. The fourth-order valence-corrected chi connectivity index (χ4v) is 3.40. The van der Waals surface area contributed by atoms with Gasteiger partial charge in [0.1, 0.15) is 11.5 Å². The van der Waals surface area contributed by atoms with Crippen LogP contribution in [-0.4, -0.2) is 10.2 Å². The van der Waals surface area contributed by atoms with Crippen molar-refractivity contribution >= 4 is 55.1 Å². The van der Waals surface area contributed by atoms with Gasteiger partial charge in [-0.25, -0.2) is 0 Å². The molecule has 2 aromatic rings. The van der Waals surface area contributed by atoms with Gasteiger partial charge >= 0.3 is 0 Å². The van der Waals surface area contributed by atoms with Gasteiger partial charge in [-0.15, -0.1) is 0 Å². The van der Waals surface area contributed by atoms with Crippen molar-refractivity contribution in [2.24, 2.45) is 0 Å². The quantitative estimate of drug-likeness (QED) is 0.663. The summed E-state index contributed by atoms with van der Waals surface area (Å²) in [5.74, 6) is 0.0469. The Morgan fingerprint density at radius 2 is 1.16 bits per heavy atom. The van der Waals surface area contributed by atoms with Gasteiger partial charge in [0.25, 0.3) is 0 Å². The molecule has 0 radical (unpaired) electrons. The smallest absolute Gasteiger partial charge is 0.148 e. The van der Waals surface area contributed by atoms with Crippen LogP contribution in [0.2, 0.25) is 10.0 Å². The summed E-state index contributed by atoms with van der Waals surface area (Å²) in [5.41, 5.74) is 1.84. The third-order valence-corrected chi connectivity index (χ3v) is 4.35. The summed E-state index contributed by atoms with van der Waals surface area (Å²) in [4.78, 5) is 0. The van der Waals surface area contributed by atoms with Gasteiger partial charge < -0.3 is 10.2 Å². The Hall–Kier alpha value is -0.420. The van der Waals surface area contributed by atoms with Crippen LogP contribution < -0.4 is 0 Å². The van der Waals surface area contributed by atoms with Crippen molar-refractivity contribution in [2.45, 2.75) is 6.42 Å². The van der Waals surface area contributed by atoms with Crippen molar-refractivity contribution in [1.29, 1.82) is 0 Å². The summed E-state index contributed by atoms with van der Waals surface area (Å²) in [6, 6.07) is 6.96. The summed E-state index contributed by atoms with van der Waals surface area (Å²) in [6.45, 7) is 0. The van der Waals surface area contributed by atoms with Gasteiger partial charge in [-0.05, 0) is 73.7 Å². The number of hydrogen-bond acceptors (Lipinski definition) is 2. The molecule has 0 spiro atoms. The molecule has 2 aromatic carbocycles. The molecule has 2 nitrogen and oxygen atoms in total. The lowest BCUT2D eigenvalue weighted by atomic mass is 10.0. The monoisotopic (exact) mass is 424 g/mol. The Morgan fingerprint density at radius 3 is 1.47 bits per heavy atom. The van der Waals surface area contributed by atoms with Gasteiger partial charge in [-0.2, -0.15) is 0 Å². The van der Waals surface area contributed by atoms with Crippen LogP contribution in [0, 0.1) is 0 Å². The minimum Gasteiger partial charge on any atom is -0.505 e. The highest BCUT2D eigenvalue weighted by Crippen LogP contribution is 2.36. The zero-order valence-electron chi connectivity index (χ0n) is 9.42. The van der Waals surface area contributed by atoms with Crippen molar-refractivity contribution in [3.63, 3.8) is 0 Å². The molecular weight excluding hydrogens is 419 g/mol. The van der Waals surface area contributed by atoms with Gasteiger partial charge in [0, 0.05) is 0 Å². The number of rotatable bonds is 2. The van der Waals surface area contributed by atoms with Crippen LogP contribution in [0.15, 0.2) is 33.2 Å². The van der Waals surface area contributed by atoms with E-state index in [4.69, 9.17) is 23.2 Å². The third kappa shape index (κ3) is 3.37. The third-order valence-electron chi connectivity index (χ3n) is 2.56. The standard InChI is InChI=1S/C13H8Br2Cl2O2/c14-8-2-6(4-10(16)12(8)18)1-7-3-9(15)13(19)11(17)5-7/h2-5,18-19H,1H2. The van der Waals surface area contributed by atoms with E-state index in [-0.39, 0.29) is 21.5 Å². The zero-order valence-corrected chi connectivity index (χ0v) is 14.1. The molecule has 0 unspecified atom stereocenters. The van der Waals surface area contributed by atoms with E-state index in [0.717, 1.165) is 11.1 Å². The van der Waals surface area contributed by atoms with Crippen LogP contribution in [0.4, 0.5) is 0 Å². The highest BCUT2D eigenvalue weighted by molar-refractivity contribution is 9.10. The zero-order chi connectivity index (χ0) is 14.2. The fourth-order valence-electron chi connectivity index (χ4n) is 1.68. The minimum atomic E-state index is 0.0235. The number of aromatic hydroxyl groups is 2. The average molecular weight is 427 g/mol.